The van der Waals surface area contributed by atoms with Crippen LogP contribution in [0.15, 0.2) is 59.1 Å². The zero-order chi connectivity index (χ0) is 23.4. The largest absolute Gasteiger partial charge is 0.497 e. The summed E-state index contributed by atoms with van der Waals surface area (Å²) in [7, 11) is 5.35. The molecule has 1 atom stereocenters. The van der Waals surface area contributed by atoms with Crippen LogP contribution in [0.5, 0.6) is 5.75 Å². The van der Waals surface area contributed by atoms with Crippen molar-refractivity contribution < 1.29 is 14.1 Å². The summed E-state index contributed by atoms with van der Waals surface area (Å²) >= 11 is 0. The monoisotopic (exact) mass is 447 g/mol. The number of aryl methyl sites for hydroxylation is 1. The topological polar surface area (TPSA) is 58.8 Å². The molecule has 6 nitrogen and oxygen atoms in total. The number of aromatic nitrogens is 1. The molecule has 0 unspecified atom stereocenters. The second-order valence-corrected chi connectivity index (χ2v) is 9.36. The number of hydrogen-bond donors (Lipinski definition) is 0. The molecule has 0 N–H and O–H groups in total. The fraction of sp³-hybridized carbons (Fsp3) is 0.407. The first-order valence-corrected chi connectivity index (χ1v) is 11.5. The summed E-state index contributed by atoms with van der Waals surface area (Å²) in [5.41, 5.74) is 3.72. The molecule has 6 heteroatoms. The van der Waals surface area contributed by atoms with E-state index in [2.05, 4.69) is 53.4 Å². The van der Waals surface area contributed by atoms with Crippen LogP contribution in [0.3, 0.4) is 0 Å². The standard InChI is InChI=1S/C27H33N3O3/c1-20-6-10-22(11-7-20)25-16-24(33-28-25)17-27(26(31)29(2)3)14-5-15-30(19-27)18-21-8-12-23(32-4)13-9-21/h6-13,16H,5,14-15,17-19H2,1-4H3/t27-/m0/s1. The first-order chi connectivity index (χ1) is 15.9. The Bertz CT molecular complexity index is 1070. The molecule has 2 aromatic carbocycles. The van der Waals surface area contributed by atoms with Crippen LogP contribution in [0.1, 0.15) is 29.7 Å². The van der Waals surface area contributed by atoms with E-state index in [1.807, 2.05) is 32.3 Å². The maximum atomic E-state index is 13.4. The van der Waals surface area contributed by atoms with E-state index in [-0.39, 0.29) is 5.91 Å². The number of hydrogen-bond acceptors (Lipinski definition) is 5. The maximum Gasteiger partial charge on any atom is 0.230 e. The van der Waals surface area contributed by atoms with E-state index in [0.717, 1.165) is 48.7 Å². The van der Waals surface area contributed by atoms with Crippen molar-refractivity contribution in [2.75, 3.05) is 34.3 Å². The first kappa shape index (κ1) is 23.1. The van der Waals surface area contributed by atoms with Gasteiger partial charge in [-0.05, 0) is 44.0 Å². The lowest BCUT2D eigenvalue weighted by Gasteiger charge is -2.42. The van der Waals surface area contributed by atoms with Crippen LogP contribution in [-0.2, 0) is 17.8 Å². The van der Waals surface area contributed by atoms with Gasteiger partial charge in [-0.25, -0.2) is 0 Å². The van der Waals surface area contributed by atoms with Crippen LogP contribution in [0, 0.1) is 12.3 Å². The number of piperidine rings is 1. The summed E-state index contributed by atoms with van der Waals surface area (Å²) in [6, 6.07) is 18.4. The lowest BCUT2D eigenvalue weighted by molar-refractivity contribution is -0.143. The molecule has 0 radical (unpaired) electrons. The Morgan fingerprint density at radius 3 is 2.55 bits per heavy atom. The lowest BCUT2D eigenvalue weighted by atomic mass is 9.75. The molecule has 1 aliphatic heterocycles. The highest BCUT2D eigenvalue weighted by atomic mass is 16.5. The highest BCUT2D eigenvalue weighted by Gasteiger charge is 2.44. The Morgan fingerprint density at radius 2 is 1.88 bits per heavy atom. The molecule has 0 spiro atoms. The summed E-state index contributed by atoms with van der Waals surface area (Å²) < 4.78 is 11.0. The molecule has 4 rings (SSSR count). The number of rotatable bonds is 7. The van der Waals surface area contributed by atoms with Crippen LogP contribution in [0.2, 0.25) is 0 Å². The van der Waals surface area contributed by atoms with Gasteiger partial charge in [-0.2, -0.15) is 0 Å². The molecule has 0 bridgehead atoms. The number of carbonyl (C=O) groups excluding carboxylic acids is 1. The van der Waals surface area contributed by atoms with Crippen LogP contribution >= 0.6 is 0 Å². The van der Waals surface area contributed by atoms with Gasteiger partial charge in [-0.15, -0.1) is 0 Å². The third-order valence-electron chi connectivity index (χ3n) is 6.50. The van der Waals surface area contributed by atoms with Crippen molar-refractivity contribution in [3.8, 4) is 17.0 Å². The highest BCUT2D eigenvalue weighted by molar-refractivity contribution is 5.83. The van der Waals surface area contributed by atoms with Crippen molar-refractivity contribution >= 4 is 5.91 Å². The van der Waals surface area contributed by atoms with E-state index in [1.165, 1.54) is 11.1 Å². The Morgan fingerprint density at radius 1 is 1.15 bits per heavy atom. The average molecular weight is 448 g/mol. The van der Waals surface area contributed by atoms with E-state index in [4.69, 9.17) is 9.26 Å². The molecular formula is C27H33N3O3. The zero-order valence-corrected chi connectivity index (χ0v) is 20.0. The molecular weight excluding hydrogens is 414 g/mol. The smallest absolute Gasteiger partial charge is 0.230 e. The van der Waals surface area contributed by atoms with Gasteiger partial charge in [0.05, 0.1) is 12.5 Å². The van der Waals surface area contributed by atoms with Crippen molar-refractivity contribution in [1.82, 2.24) is 15.0 Å². The number of methoxy groups -OCH3 is 1. The molecule has 3 aromatic rings. The summed E-state index contributed by atoms with van der Waals surface area (Å²) in [6.07, 6.45) is 2.35. The molecule has 1 amide bonds. The first-order valence-electron chi connectivity index (χ1n) is 11.5. The van der Waals surface area contributed by atoms with Gasteiger partial charge >= 0.3 is 0 Å². The molecule has 2 heterocycles. The number of benzene rings is 2. The van der Waals surface area contributed by atoms with Crippen LogP contribution < -0.4 is 4.74 Å². The Balaban J connectivity index is 1.54. The third-order valence-corrected chi connectivity index (χ3v) is 6.50. The summed E-state index contributed by atoms with van der Waals surface area (Å²) in [6.45, 7) is 4.53. The maximum absolute atomic E-state index is 13.4. The molecule has 174 valence electrons. The minimum absolute atomic E-state index is 0.148. The molecule has 0 saturated carbocycles. The molecule has 1 saturated heterocycles. The fourth-order valence-electron chi connectivity index (χ4n) is 4.81. The molecule has 1 fully saturated rings. The van der Waals surface area contributed by atoms with Crippen molar-refractivity contribution in [2.24, 2.45) is 5.41 Å². The minimum atomic E-state index is -0.529. The van der Waals surface area contributed by atoms with E-state index in [1.54, 1.807) is 12.0 Å². The normalized spacial score (nSPS) is 18.8. The van der Waals surface area contributed by atoms with Gasteiger partial charge < -0.3 is 14.2 Å². The van der Waals surface area contributed by atoms with Crippen molar-refractivity contribution in [3.05, 3.63) is 71.5 Å². The average Bonchev–Trinajstić information content (AvgIpc) is 3.28. The highest BCUT2D eigenvalue weighted by Crippen LogP contribution is 2.37. The molecule has 1 aliphatic rings. The second kappa shape index (κ2) is 9.79. The van der Waals surface area contributed by atoms with Crippen LogP contribution in [0.25, 0.3) is 11.3 Å². The zero-order valence-electron chi connectivity index (χ0n) is 20.0. The lowest BCUT2D eigenvalue weighted by Crippen LogP contribution is -2.52. The van der Waals surface area contributed by atoms with Gasteiger partial charge in [0, 0.05) is 45.2 Å². The predicted molar refractivity (Wildman–Crippen MR) is 129 cm³/mol. The van der Waals surface area contributed by atoms with Gasteiger partial charge in [-0.3, -0.25) is 9.69 Å². The van der Waals surface area contributed by atoms with Gasteiger partial charge in [0.25, 0.3) is 0 Å². The van der Waals surface area contributed by atoms with Gasteiger partial charge in [0.1, 0.15) is 17.2 Å². The van der Waals surface area contributed by atoms with Gasteiger partial charge in [-0.1, -0.05) is 47.1 Å². The predicted octanol–water partition coefficient (Wildman–Crippen LogP) is 4.57. The minimum Gasteiger partial charge on any atom is -0.497 e. The summed E-state index contributed by atoms with van der Waals surface area (Å²) in [5, 5.41) is 4.29. The summed E-state index contributed by atoms with van der Waals surface area (Å²) in [5.74, 6) is 1.76. The molecule has 1 aromatic heterocycles. The van der Waals surface area contributed by atoms with Gasteiger partial charge in [0.15, 0.2) is 0 Å². The second-order valence-electron chi connectivity index (χ2n) is 9.36. The van der Waals surface area contributed by atoms with Crippen molar-refractivity contribution in [2.45, 2.75) is 32.7 Å². The number of carbonyl (C=O) groups is 1. The number of nitrogens with zero attached hydrogens (tertiary/aromatic N) is 3. The Labute approximate surface area is 196 Å². The van der Waals surface area contributed by atoms with E-state index >= 15 is 0 Å². The van der Waals surface area contributed by atoms with E-state index in [0.29, 0.717) is 13.0 Å². The van der Waals surface area contributed by atoms with Crippen molar-refractivity contribution in [3.63, 3.8) is 0 Å². The van der Waals surface area contributed by atoms with E-state index in [9.17, 15) is 4.79 Å². The SMILES string of the molecule is COc1ccc(CN2CCC[C@@](Cc3cc(-c4ccc(C)cc4)no3)(C(=O)N(C)C)C2)cc1. The van der Waals surface area contributed by atoms with Crippen LogP contribution in [-0.4, -0.2) is 55.2 Å². The number of amides is 1. The van der Waals surface area contributed by atoms with E-state index < -0.39 is 5.41 Å². The van der Waals surface area contributed by atoms with Gasteiger partial charge in [0.2, 0.25) is 5.91 Å². The molecule has 0 aliphatic carbocycles. The van der Waals surface area contributed by atoms with Crippen LogP contribution in [0.4, 0.5) is 0 Å². The van der Waals surface area contributed by atoms with Crippen molar-refractivity contribution in [1.29, 1.82) is 0 Å². The Kier molecular flexibility index (Phi) is 6.84. The molecule has 33 heavy (non-hydrogen) atoms. The number of ether oxygens (including phenoxy) is 1. The summed E-state index contributed by atoms with van der Waals surface area (Å²) in [4.78, 5) is 17.5. The fourth-order valence-corrected chi connectivity index (χ4v) is 4.81. The number of likely N-dealkylation sites (tertiary alicyclic amines) is 1. The Hall–Kier alpha value is -3.12. The third kappa shape index (κ3) is 5.28. The quantitative estimate of drug-likeness (QED) is 0.531.